The highest BCUT2D eigenvalue weighted by Crippen LogP contribution is 2.38. The van der Waals surface area contributed by atoms with Crippen LogP contribution in [0.2, 0.25) is 0 Å². The minimum absolute atomic E-state index is 0.522. The molecule has 18 heavy (non-hydrogen) atoms. The molecule has 0 fully saturated rings. The number of rotatable bonds is 2. The molecule has 98 valence electrons. The summed E-state index contributed by atoms with van der Waals surface area (Å²) < 4.78 is 1.22. The second-order valence-corrected chi connectivity index (χ2v) is 6.83. The van der Waals surface area contributed by atoms with E-state index in [1.807, 2.05) is 31.4 Å². The molecule has 2 heterocycles. The molecule has 2 aromatic heterocycles. The van der Waals surface area contributed by atoms with Crippen LogP contribution < -0.4 is 0 Å². The summed E-state index contributed by atoms with van der Waals surface area (Å²) in [5, 5.41) is 10.2. The molecule has 0 amide bonds. The fraction of sp³-hybridized carbons (Fsp3) is 0.533. The molecule has 0 aliphatic carbocycles. The molecule has 0 spiro atoms. The summed E-state index contributed by atoms with van der Waals surface area (Å²) in [6, 6.07) is 0. The number of fused-ring (bicyclic) bond motifs is 1. The zero-order chi connectivity index (χ0) is 13.7. The standard InChI is InChI=1S/C15H21NOS/c1-8(2)13-10(4)12-14(18-13)9(3)11(7-16-12)15(5,6)17/h7-8,17H,1-6H3. The molecule has 2 rings (SSSR count). The lowest BCUT2D eigenvalue weighted by molar-refractivity contribution is 0.0778. The molecule has 1 N–H and O–H groups in total. The molecule has 3 heteroatoms. The number of nitrogens with zero attached hydrogens (tertiary/aromatic N) is 1. The van der Waals surface area contributed by atoms with E-state index in [0.717, 1.165) is 16.6 Å². The van der Waals surface area contributed by atoms with Crippen molar-refractivity contribution in [3.63, 3.8) is 0 Å². The van der Waals surface area contributed by atoms with Gasteiger partial charge in [-0.15, -0.1) is 11.3 Å². The van der Waals surface area contributed by atoms with Gasteiger partial charge in [-0.25, -0.2) is 0 Å². The quantitative estimate of drug-likeness (QED) is 0.878. The Morgan fingerprint density at radius 2 is 1.83 bits per heavy atom. The molecule has 0 saturated heterocycles. The Bertz CT molecular complexity index is 591. The summed E-state index contributed by atoms with van der Waals surface area (Å²) in [7, 11) is 0. The topological polar surface area (TPSA) is 33.1 Å². The van der Waals surface area contributed by atoms with Gasteiger partial charge in [-0.05, 0) is 44.7 Å². The smallest absolute Gasteiger partial charge is 0.0858 e. The summed E-state index contributed by atoms with van der Waals surface area (Å²) in [5.74, 6) is 0.522. The Hall–Kier alpha value is -0.930. The zero-order valence-electron chi connectivity index (χ0n) is 12.0. The summed E-state index contributed by atoms with van der Waals surface area (Å²) >= 11 is 1.82. The SMILES string of the molecule is Cc1c(C(C)C)sc2c(C)c(C(C)(C)O)cnc12. The van der Waals surface area contributed by atoms with E-state index < -0.39 is 5.60 Å². The summed E-state index contributed by atoms with van der Waals surface area (Å²) in [5.41, 5.74) is 3.63. The molecule has 0 radical (unpaired) electrons. The maximum absolute atomic E-state index is 10.2. The van der Waals surface area contributed by atoms with Gasteiger partial charge in [0.1, 0.15) is 0 Å². The average molecular weight is 263 g/mol. The van der Waals surface area contributed by atoms with E-state index in [0.29, 0.717) is 5.92 Å². The third kappa shape index (κ3) is 2.06. The summed E-state index contributed by atoms with van der Waals surface area (Å²) in [6.45, 7) is 12.3. The van der Waals surface area contributed by atoms with Crippen LogP contribution in [-0.2, 0) is 5.60 Å². The predicted molar refractivity (Wildman–Crippen MR) is 78.4 cm³/mol. The lowest BCUT2D eigenvalue weighted by Crippen LogP contribution is -2.17. The lowest BCUT2D eigenvalue weighted by atomic mass is 9.95. The van der Waals surface area contributed by atoms with Crippen molar-refractivity contribution >= 4 is 21.6 Å². The number of aryl methyl sites for hydroxylation is 2. The van der Waals surface area contributed by atoms with E-state index in [-0.39, 0.29) is 0 Å². The molecule has 0 aliphatic rings. The number of aromatic nitrogens is 1. The molecular weight excluding hydrogens is 242 g/mol. The largest absolute Gasteiger partial charge is 0.386 e. The average Bonchev–Trinajstić information content (AvgIpc) is 2.56. The van der Waals surface area contributed by atoms with Gasteiger partial charge in [0.2, 0.25) is 0 Å². The van der Waals surface area contributed by atoms with Crippen LogP contribution >= 0.6 is 11.3 Å². The normalized spacial score (nSPS) is 12.7. The first kappa shape index (κ1) is 13.5. The molecule has 0 unspecified atom stereocenters. The van der Waals surface area contributed by atoms with Gasteiger partial charge in [0.05, 0.1) is 15.8 Å². The van der Waals surface area contributed by atoms with Crippen LogP contribution in [0.1, 0.15) is 55.2 Å². The van der Waals surface area contributed by atoms with Gasteiger partial charge in [0, 0.05) is 16.6 Å². The van der Waals surface area contributed by atoms with Crippen LogP contribution in [0.15, 0.2) is 6.20 Å². The molecular formula is C15H21NOS. The van der Waals surface area contributed by atoms with Crippen molar-refractivity contribution in [1.82, 2.24) is 4.98 Å². The van der Waals surface area contributed by atoms with Crippen molar-refractivity contribution in [2.45, 2.75) is 53.1 Å². The van der Waals surface area contributed by atoms with Crippen LogP contribution in [0.3, 0.4) is 0 Å². The zero-order valence-corrected chi connectivity index (χ0v) is 12.8. The van der Waals surface area contributed by atoms with Crippen LogP contribution in [0.25, 0.3) is 10.2 Å². The highest BCUT2D eigenvalue weighted by atomic mass is 32.1. The van der Waals surface area contributed by atoms with E-state index >= 15 is 0 Å². The summed E-state index contributed by atoms with van der Waals surface area (Å²) in [6.07, 6.45) is 1.82. The van der Waals surface area contributed by atoms with E-state index in [1.165, 1.54) is 15.1 Å². The van der Waals surface area contributed by atoms with Gasteiger partial charge < -0.3 is 5.11 Å². The number of hydrogen-bond donors (Lipinski definition) is 1. The maximum atomic E-state index is 10.2. The van der Waals surface area contributed by atoms with Crippen LogP contribution in [0.5, 0.6) is 0 Å². The van der Waals surface area contributed by atoms with Crippen molar-refractivity contribution in [3.05, 3.63) is 27.8 Å². The van der Waals surface area contributed by atoms with E-state index in [2.05, 4.69) is 32.7 Å². The van der Waals surface area contributed by atoms with Crippen molar-refractivity contribution in [2.75, 3.05) is 0 Å². The number of hydrogen-bond acceptors (Lipinski definition) is 3. The first-order valence-electron chi connectivity index (χ1n) is 6.35. The molecule has 0 aliphatic heterocycles. The van der Waals surface area contributed by atoms with Crippen molar-refractivity contribution < 1.29 is 5.11 Å². The Morgan fingerprint density at radius 3 is 2.33 bits per heavy atom. The first-order valence-corrected chi connectivity index (χ1v) is 7.16. The fourth-order valence-electron chi connectivity index (χ4n) is 2.45. The van der Waals surface area contributed by atoms with Crippen molar-refractivity contribution in [3.8, 4) is 0 Å². The Labute approximate surface area is 113 Å². The van der Waals surface area contributed by atoms with Gasteiger partial charge >= 0.3 is 0 Å². The third-order valence-electron chi connectivity index (χ3n) is 3.40. The molecule has 2 aromatic rings. The fourth-order valence-corrected chi connectivity index (χ4v) is 3.72. The second-order valence-electron chi connectivity index (χ2n) is 5.78. The second kappa shape index (κ2) is 4.32. The molecule has 0 saturated carbocycles. The van der Waals surface area contributed by atoms with Crippen LogP contribution in [0.4, 0.5) is 0 Å². The number of aliphatic hydroxyl groups is 1. The Kier molecular flexibility index (Phi) is 3.24. The molecule has 2 nitrogen and oxygen atoms in total. The van der Waals surface area contributed by atoms with Gasteiger partial charge in [-0.1, -0.05) is 13.8 Å². The Balaban J connectivity index is 2.76. The van der Waals surface area contributed by atoms with Gasteiger partial charge in [0.15, 0.2) is 0 Å². The number of pyridine rings is 1. The van der Waals surface area contributed by atoms with Gasteiger partial charge in [0.25, 0.3) is 0 Å². The highest BCUT2D eigenvalue weighted by Gasteiger charge is 2.22. The van der Waals surface area contributed by atoms with Gasteiger partial charge in [-0.2, -0.15) is 0 Å². The van der Waals surface area contributed by atoms with Crippen molar-refractivity contribution in [1.29, 1.82) is 0 Å². The van der Waals surface area contributed by atoms with Crippen LogP contribution in [0, 0.1) is 13.8 Å². The minimum Gasteiger partial charge on any atom is -0.386 e. The van der Waals surface area contributed by atoms with Gasteiger partial charge in [-0.3, -0.25) is 4.98 Å². The molecule has 0 atom stereocenters. The van der Waals surface area contributed by atoms with Crippen LogP contribution in [-0.4, -0.2) is 10.1 Å². The minimum atomic E-state index is -0.832. The Morgan fingerprint density at radius 1 is 1.22 bits per heavy atom. The monoisotopic (exact) mass is 263 g/mol. The highest BCUT2D eigenvalue weighted by molar-refractivity contribution is 7.19. The van der Waals surface area contributed by atoms with E-state index in [1.54, 1.807) is 0 Å². The van der Waals surface area contributed by atoms with E-state index in [9.17, 15) is 5.11 Å². The molecule has 0 bridgehead atoms. The predicted octanol–water partition coefficient (Wildman–Crippen LogP) is 4.26. The lowest BCUT2D eigenvalue weighted by Gasteiger charge is -2.20. The number of thiophene rings is 1. The maximum Gasteiger partial charge on any atom is 0.0858 e. The van der Waals surface area contributed by atoms with E-state index in [4.69, 9.17) is 0 Å². The van der Waals surface area contributed by atoms with Crippen molar-refractivity contribution in [2.24, 2.45) is 0 Å². The third-order valence-corrected chi connectivity index (χ3v) is 5.10. The summed E-state index contributed by atoms with van der Waals surface area (Å²) in [4.78, 5) is 5.96. The first-order chi connectivity index (χ1) is 8.23. The molecule has 0 aromatic carbocycles.